The van der Waals surface area contributed by atoms with Gasteiger partial charge in [-0.1, -0.05) is 48.5 Å². The first-order chi connectivity index (χ1) is 15.6. The van der Waals surface area contributed by atoms with Crippen LogP contribution in [0.2, 0.25) is 0 Å². The molecule has 3 heterocycles. The number of pyridine rings is 1. The Kier molecular flexibility index (Phi) is 4.57. The Bertz CT molecular complexity index is 1290. The smallest absolute Gasteiger partial charge is 0.185 e. The van der Waals surface area contributed by atoms with Gasteiger partial charge in [0.1, 0.15) is 11.9 Å². The van der Waals surface area contributed by atoms with Crippen molar-refractivity contribution in [2.45, 2.75) is 18.0 Å². The van der Waals surface area contributed by atoms with Crippen molar-refractivity contribution in [3.05, 3.63) is 102 Å². The van der Waals surface area contributed by atoms with Crippen molar-refractivity contribution in [1.29, 1.82) is 10.5 Å². The maximum atomic E-state index is 13.9. The van der Waals surface area contributed by atoms with Gasteiger partial charge in [0, 0.05) is 17.7 Å². The molecule has 2 aliphatic heterocycles. The molecule has 2 aliphatic rings. The summed E-state index contributed by atoms with van der Waals surface area (Å²) in [5.74, 6) is -1.43. The molecular weight excluding hydrogens is 403 g/mol. The number of carbonyl (C=O) groups excluding carboxylic acids is 1. The molecule has 0 N–H and O–H groups in total. The number of carbonyl (C=O) groups is 1. The van der Waals surface area contributed by atoms with Crippen LogP contribution in [-0.2, 0) is 0 Å². The van der Waals surface area contributed by atoms with Gasteiger partial charge in [0.25, 0.3) is 0 Å². The third kappa shape index (κ3) is 2.74. The van der Waals surface area contributed by atoms with Gasteiger partial charge in [0.2, 0.25) is 0 Å². The molecule has 0 bridgehead atoms. The minimum atomic E-state index is -1.56. The van der Waals surface area contributed by atoms with E-state index in [9.17, 15) is 19.7 Å². The monoisotopic (exact) mass is 420 g/mol. The Morgan fingerprint density at radius 3 is 2.41 bits per heavy atom. The Hall–Kier alpha value is -4.29. The molecule has 3 aromatic rings. The summed E-state index contributed by atoms with van der Waals surface area (Å²) in [5, 5.41) is 20.7. The largest absolute Gasteiger partial charge is 0.349 e. The lowest BCUT2D eigenvalue weighted by Crippen LogP contribution is -2.44. The van der Waals surface area contributed by atoms with Crippen molar-refractivity contribution >= 4 is 17.5 Å². The number of halogens is 1. The van der Waals surface area contributed by atoms with Crippen LogP contribution >= 0.6 is 0 Å². The number of ketones is 1. The molecule has 5 rings (SSSR count). The zero-order valence-corrected chi connectivity index (χ0v) is 16.9. The summed E-state index contributed by atoms with van der Waals surface area (Å²) in [5.41, 5.74) is 0.844. The summed E-state index contributed by atoms with van der Waals surface area (Å²) in [6, 6.07) is 21.1. The number of hydrogen-bond donors (Lipinski definition) is 0. The van der Waals surface area contributed by atoms with Crippen LogP contribution in [0.5, 0.6) is 0 Å². The van der Waals surface area contributed by atoms with Gasteiger partial charge in [-0.05, 0) is 35.9 Å². The van der Waals surface area contributed by atoms with Crippen molar-refractivity contribution in [3.63, 3.8) is 0 Å². The summed E-state index contributed by atoms with van der Waals surface area (Å²) in [4.78, 5) is 20.1. The number of benzene rings is 2. The Morgan fingerprint density at radius 1 is 1.00 bits per heavy atom. The van der Waals surface area contributed by atoms with E-state index < -0.39 is 29.2 Å². The molecule has 1 saturated heterocycles. The van der Waals surface area contributed by atoms with Gasteiger partial charge in [-0.25, -0.2) is 4.39 Å². The molecule has 1 fully saturated rings. The van der Waals surface area contributed by atoms with Crippen LogP contribution in [-0.4, -0.2) is 22.9 Å². The van der Waals surface area contributed by atoms with Crippen LogP contribution in [0.15, 0.2) is 79.0 Å². The van der Waals surface area contributed by atoms with Gasteiger partial charge in [-0.2, -0.15) is 10.5 Å². The fourth-order valence-electron chi connectivity index (χ4n) is 4.93. The van der Waals surface area contributed by atoms with Gasteiger partial charge in [0.05, 0.1) is 29.6 Å². The van der Waals surface area contributed by atoms with E-state index >= 15 is 0 Å². The molecule has 0 spiro atoms. The van der Waals surface area contributed by atoms with Crippen molar-refractivity contribution in [3.8, 4) is 12.1 Å². The zero-order valence-electron chi connectivity index (χ0n) is 16.9. The molecule has 5 nitrogen and oxygen atoms in total. The van der Waals surface area contributed by atoms with Gasteiger partial charge in [-0.3, -0.25) is 9.78 Å². The van der Waals surface area contributed by atoms with E-state index in [0.29, 0.717) is 22.5 Å². The minimum Gasteiger partial charge on any atom is -0.349 e. The van der Waals surface area contributed by atoms with Gasteiger partial charge in [-0.15, -0.1) is 0 Å². The second-order valence-corrected chi connectivity index (χ2v) is 7.92. The van der Waals surface area contributed by atoms with Crippen molar-refractivity contribution in [1.82, 2.24) is 4.98 Å². The Labute approximate surface area is 184 Å². The number of hydrogen-bond acceptors (Lipinski definition) is 5. The highest BCUT2D eigenvalue weighted by Crippen LogP contribution is 2.55. The molecule has 32 heavy (non-hydrogen) atoms. The van der Waals surface area contributed by atoms with Crippen LogP contribution in [0.4, 0.5) is 10.1 Å². The molecule has 1 aromatic heterocycles. The van der Waals surface area contributed by atoms with Crippen molar-refractivity contribution in [2.75, 3.05) is 4.90 Å². The lowest BCUT2D eigenvalue weighted by molar-refractivity contribution is 0.0951. The predicted molar refractivity (Wildman–Crippen MR) is 117 cm³/mol. The van der Waals surface area contributed by atoms with Crippen LogP contribution in [0.1, 0.15) is 27.5 Å². The molecule has 0 radical (unpaired) electrons. The van der Waals surface area contributed by atoms with E-state index in [0.717, 1.165) is 0 Å². The zero-order chi connectivity index (χ0) is 22.3. The number of fused-ring (bicyclic) bond motifs is 3. The third-order valence-electron chi connectivity index (χ3n) is 6.33. The minimum absolute atomic E-state index is 0.206. The molecule has 3 atom stereocenters. The van der Waals surface area contributed by atoms with Crippen LogP contribution < -0.4 is 4.90 Å². The third-order valence-corrected chi connectivity index (χ3v) is 6.33. The van der Waals surface area contributed by atoms with E-state index in [1.165, 1.54) is 12.1 Å². The Morgan fingerprint density at radius 2 is 1.72 bits per heavy atom. The molecule has 0 aliphatic carbocycles. The molecule has 6 heteroatoms. The molecule has 2 aromatic carbocycles. The number of nitriles is 2. The number of rotatable bonds is 3. The molecular formula is C26H17FN4O. The quantitative estimate of drug-likeness (QED) is 0.583. The summed E-state index contributed by atoms with van der Waals surface area (Å²) in [6.45, 7) is 0. The maximum absolute atomic E-state index is 13.9. The van der Waals surface area contributed by atoms with Crippen LogP contribution in [0, 0.1) is 33.9 Å². The summed E-state index contributed by atoms with van der Waals surface area (Å²) in [6.07, 6.45) is 5.22. The van der Waals surface area contributed by atoms with E-state index in [4.69, 9.17) is 0 Å². The second-order valence-electron chi connectivity index (χ2n) is 7.92. The molecule has 154 valence electrons. The highest BCUT2D eigenvalue weighted by atomic mass is 19.1. The number of Topliss-reactive ketones (excluding diaryl/α,β-unsaturated/α-hetero) is 1. The van der Waals surface area contributed by atoms with E-state index in [1.54, 1.807) is 60.8 Å². The van der Waals surface area contributed by atoms with Crippen LogP contribution in [0.3, 0.4) is 0 Å². The number of nitrogens with zero attached hydrogens (tertiary/aromatic N) is 4. The van der Waals surface area contributed by atoms with Crippen LogP contribution in [0.25, 0.3) is 6.08 Å². The SMILES string of the molecule is N#CC1(C#N)C(c2ccc(F)cc2)C(C(=O)c2ccccc2)N2c3cccnc3C=CC21. The highest BCUT2D eigenvalue weighted by Gasteiger charge is 2.63. The first-order valence-corrected chi connectivity index (χ1v) is 10.2. The predicted octanol–water partition coefficient (Wildman–Crippen LogP) is 4.50. The Balaban J connectivity index is 1.79. The first-order valence-electron chi connectivity index (χ1n) is 10.2. The first kappa shape index (κ1) is 19.7. The summed E-state index contributed by atoms with van der Waals surface area (Å²) < 4.78 is 13.7. The lowest BCUT2D eigenvalue weighted by atomic mass is 9.69. The molecule has 3 unspecified atom stereocenters. The molecule has 0 amide bonds. The van der Waals surface area contributed by atoms with E-state index in [1.807, 2.05) is 17.0 Å². The lowest BCUT2D eigenvalue weighted by Gasteiger charge is -2.34. The van der Waals surface area contributed by atoms with E-state index in [2.05, 4.69) is 17.1 Å². The van der Waals surface area contributed by atoms with Gasteiger partial charge < -0.3 is 4.90 Å². The normalized spacial score (nSPS) is 22.3. The fourth-order valence-corrected chi connectivity index (χ4v) is 4.93. The van der Waals surface area contributed by atoms with Gasteiger partial charge >= 0.3 is 0 Å². The number of aromatic nitrogens is 1. The van der Waals surface area contributed by atoms with Crippen molar-refractivity contribution in [2.24, 2.45) is 5.41 Å². The summed E-state index contributed by atoms with van der Waals surface area (Å²) in [7, 11) is 0. The standard InChI is InChI=1S/C26H17FN4O/c27-19-10-8-17(9-11-19)23-24(25(32)18-5-2-1-3-6-18)31-21-7-4-14-30-20(21)12-13-22(31)26(23,15-28)16-29/h1-14,22-24H. The topological polar surface area (TPSA) is 80.8 Å². The van der Waals surface area contributed by atoms with Gasteiger partial charge in [0.15, 0.2) is 11.2 Å². The average molecular weight is 420 g/mol. The summed E-state index contributed by atoms with van der Waals surface area (Å²) >= 11 is 0. The molecule has 0 saturated carbocycles. The van der Waals surface area contributed by atoms with Crippen molar-refractivity contribution < 1.29 is 9.18 Å². The fraction of sp³-hybridized carbons (Fsp3) is 0.154. The highest BCUT2D eigenvalue weighted by molar-refractivity contribution is 6.04. The second kappa shape index (κ2) is 7.44. The average Bonchev–Trinajstić information content (AvgIpc) is 3.15. The number of anilines is 1. The van der Waals surface area contributed by atoms with E-state index in [-0.39, 0.29) is 5.78 Å². The maximum Gasteiger partial charge on any atom is 0.185 e.